The van der Waals surface area contributed by atoms with Gasteiger partial charge in [-0.1, -0.05) is 19.1 Å². The first-order chi connectivity index (χ1) is 9.20. The number of hydrogen-bond donors (Lipinski definition) is 1. The van der Waals surface area contributed by atoms with Crippen molar-refractivity contribution < 1.29 is 4.74 Å². The van der Waals surface area contributed by atoms with Crippen molar-refractivity contribution >= 4 is 17.0 Å². The minimum absolute atomic E-state index is 0.298. The van der Waals surface area contributed by atoms with Crippen molar-refractivity contribution in [3.05, 3.63) is 46.2 Å². The van der Waals surface area contributed by atoms with Gasteiger partial charge in [0, 0.05) is 4.88 Å². The molecule has 1 aromatic carbocycles. The first kappa shape index (κ1) is 13.9. The third-order valence-corrected chi connectivity index (χ3v) is 4.00. The van der Waals surface area contributed by atoms with Gasteiger partial charge in [0.15, 0.2) is 0 Å². The number of nitrogens with one attached hydrogen (secondary N) is 1. The maximum Gasteiger partial charge on any atom is 0.142 e. The van der Waals surface area contributed by atoms with E-state index in [-0.39, 0.29) is 0 Å². The van der Waals surface area contributed by atoms with Crippen LogP contribution in [0, 0.1) is 6.92 Å². The number of rotatable bonds is 6. The molecule has 0 saturated heterocycles. The van der Waals surface area contributed by atoms with Crippen LogP contribution < -0.4 is 10.1 Å². The Morgan fingerprint density at radius 1 is 1.32 bits per heavy atom. The molecule has 0 spiro atoms. The fourth-order valence-corrected chi connectivity index (χ4v) is 2.66. The fourth-order valence-electron chi connectivity index (χ4n) is 1.92. The molecule has 19 heavy (non-hydrogen) atoms. The number of aryl methyl sites for hydroxylation is 1. The smallest absolute Gasteiger partial charge is 0.142 e. The second-order valence-corrected chi connectivity index (χ2v) is 5.71. The van der Waals surface area contributed by atoms with Gasteiger partial charge in [-0.3, -0.25) is 0 Å². The molecule has 0 radical (unpaired) electrons. The molecule has 102 valence electrons. The molecule has 0 aliphatic rings. The van der Waals surface area contributed by atoms with Crippen molar-refractivity contribution in [1.29, 1.82) is 0 Å². The van der Waals surface area contributed by atoms with E-state index in [4.69, 9.17) is 4.74 Å². The van der Waals surface area contributed by atoms with Crippen molar-refractivity contribution in [2.75, 3.05) is 11.9 Å². The van der Waals surface area contributed by atoms with Gasteiger partial charge in [-0.15, -0.1) is 11.3 Å². The molecule has 0 fully saturated rings. The van der Waals surface area contributed by atoms with Gasteiger partial charge in [0.2, 0.25) is 0 Å². The van der Waals surface area contributed by atoms with Crippen LogP contribution in [0.15, 0.2) is 35.7 Å². The SMILES string of the molecule is CCCOc1cc(C)ccc1NC(C)c1cccs1. The summed E-state index contributed by atoms with van der Waals surface area (Å²) in [6, 6.07) is 10.9. The summed E-state index contributed by atoms with van der Waals surface area (Å²) in [5.74, 6) is 0.949. The van der Waals surface area contributed by atoms with E-state index in [9.17, 15) is 0 Å². The van der Waals surface area contributed by atoms with Gasteiger partial charge in [-0.05, 0) is 49.4 Å². The lowest BCUT2D eigenvalue weighted by molar-refractivity contribution is 0.318. The van der Waals surface area contributed by atoms with Crippen LogP contribution in [-0.4, -0.2) is 6.61 Å². The first-order valence-corrected chi connectivity index (χ1v) is 7.62. The normalized spacial score (nSPS) is 12.2. The van der Waals surface area contributed by atoms with Gasteiger partial charge >= 0.3 is 0 Å². The van der Waals surface area contributed by atoms with E-state index in [2.05, 4.69) is 61.8 Å². The molecule has 0 amide bonds. The Morgan fingerprint density at radius 3 is 2.84 bits per heavy atom. The molecular formula is C16H21NOS. The highest BCUT2D eigenvalue weighted by Crippen LogP contribution is 2.30. The number of thiophene rings is 1. The molecule has 0 saturated carbocycles. The van der Waals surface area contributed by atoms with Gasteiger partial charge in [-0.2, -0.15) is 0 Å². The van der Waals surface area contributed by atoms with Gasteiger partial charge in [-0.25, -0.2) is 0 Å². The Hall–Kier alpha value is -1.48. The topological polar surface area (TPSA) is 21.3 Å². The van der Waals surface area contributed by atoms with Crippen LogP contribution in [-0.2, 0) is 0 Å². The van der Waals surface area contributed by atoms with Crippen molar-refractivity contribution in [3.63, 3.8) is 0 Å². The van der Waals surface area contributed by atoms with E-state index in [1.165, 1.54) is 10.4 Å². The van der Waals surface area contributed by atoms with Crippen LogP contribution in [0.4, 0.5) is 5.69 Å². The molecule has 0 bridgehead atoms. The summed E-state index contributed by atoms with van der Waals surface area (Å²) in [7, 11) is 0. The van der Waals surface area contributed by atoms with Gasteiger partial charge in [0.05, 0.1) is 18.3 Å². The van der Waals surface area contributed by atoms with Crippen LogP contribution in [0.1, 0.15) is 36.8 Å². The first-order valence-electron chi connectivity index (χ1n) is 6.74. The molecule has 1 N–H and O–H groups in total. The minimum atomic E-state index is 0.298. The van der Waals surface area contributed by atoms with Crippen molar-refractivity contribution in [3.8, 4) is 5.75 Å². The molecule has 2 nitrogen and oxygen atoms in total. The number of hydrogen-bond acceptors (Lipinski definition) is 3. The lowest BCUT2D eigenvalue weighted by Crippen LogP contribution is -2.07. The molecule has 2 aromatic rings. The van der Waals surface area contributed by atoms with Crippen LogP contribution in [0.5, 0.6) is 5.75 Å². The molecule has 0 aliphatic heterocycles. The van der Waals surface area contributed by atoms with Crippen LogP contribution in [0.2, 0.25) is 0 Å². The Labute approximate surface area is 119 Å². The molecule has 1 heterocycles. The summed E-state index contributed by atoms with van der Waals surface area (Å²) in [6.07, 6.45) is 1.02. The second-order valence-electron chi connectivity index (χ2n) is 4.73. The van der Waals surface area contributed by atoms with Crippen LogP contribution in [0.25, 0.3) is 0 Å². The van der Waals surface area contributed by atoms with E-state index in [1.807, 2.05) is 0 Å². The summed E-state index contributed by atoms with van der Waals surface area (Å²) in [5, 5.41) is 5.64. The molecule has 1 unspecified atom stereocenters. The molecule has 0 aliphatic carbocycles. The number of anilines is 1. The molecule has 3 heteroatoms. The average molecular weight is 275 g/mol. The van der Waals surface area contributed by atoms with E-state index in [0.29, 0.717) is 6.04 Å². The highest BCUT2D eigenvalue weighted by Gasteiger charge is 2.10. The number of benzene rings is 1. The fraction of sp³-hybridized carbons (Fsp3) is 0.375. The third-order valence-electron chi connectivity index (χ3n) is 2.94. The van der Waals surface area contributed by atoms with E-state index >= 15 is 0 Å². The molecule has 2 rings (SSSR count). The van der Waals surface area contributed by atoms with Gasteiger partial charge in [0.1, 0.15) is 5.75 Å². The largest absolute Gasteiger partial charge is 0.491 e. The van der Waals surface area contributed by atoms with Crippen molar-refractivity contribution in [2.45, 2.75) is 33.2 Å². The summed E-state index contributed by atoms with van der Waals surface area (Å²) in [5.41, 5.74) is 2.29. The average Bonchev–Trinajstić information content (AvgIpc) is 2.93. The Morgan fingerprint density at radius 2 is 2.16 bits per heavy atom. The molecule has 1 aromatic heterocycles. The molecular weight excluding hydrogens is 254 g/mol. The standard InChI is InChI=1S/C16H21NOS/c1-4-9-18-15-11-12(2)7-8-14(15)17-13(3)16-6-5-10-19-16/h5-8,10-11,13,17H,4,9H2,1-3H3. The third kappa shape index (κ3) is 3.74. The highest BCUT2D eigenvalue weighted by molar-refractivity contribution is 7.10. The summed E-state index contributed by atoms with van der Waals surface area (Å²) in [4.78, 5) is 1.34. The van der Waals surface area contributed by atoms with Gasteiger partial charge in [0.25, 0.3) is 0 Å². The second kappa shape index (κ2) is 6.62. The summed E-state index contributed by atoms with van der Waals surface area (Å²) in [6.45, 7) is 7.14. The Kier molecular flexibility index (Phi) is 4.86. The molecule has 1 atom stereocenters. The predicted octanol–water partition coefficient (Wildman–Crippen LogP) is 5.02. The summed E-state index contributed by atoms with van der Waals surface area (Å²) < 4.78 is 5.83. The van der Waals surface area contributed by atoms with Crippen LogP contribution in [0.3, 0.4) is 0 Å². The highest BCUT2D eigenvalue weighted by atomic mass is 32.1. The zero-order valence-electron chi connectivity index (χ0n) is 11.8. The van der Waals surface area contributed by atoms with Crippen molar-refractivity contribution in [1.82, 2.24) is 0 Å². The van der Waals surface area contributed by atoms with E-state index < -0.39 is 0 Å². The maximum atomic E-state index is 5.83. The lowest BCUT2D eigenvalue weighted by Gasteiger charge is -2.18. The Balaban J connectivity index is 2.14. The van der Waals surface area contributed by atoms with Crippen molar-refractivity contribution in [2.24, 2.45) is 0 Å². The summed E-state index contributed by atoms with van der Waals surface area (Å²) >= 11 is 1.77. The van der Waals surface area contributed by atoms with Gasteiger partial charge < -0.3 is 10.1 Å². The quantitative estimate of drug-likeness (QED) is 0.799. The zero-order valence-corrected chi connectivity index (χ0v) is 12.6. The van der Waals surface area contributed by atoms with E-state index in [0.717, 1.165) is 24.5 Å². The number of ether oxygens (including phenoxy) is 1. The minimum Gasteiger partial charge on any atom is -0.491 e. The zero-order chi connectivity index (χ0) is 13.7. The lowest BCUT2D eigenvalue weighted by atomic mass is 10.2. The van der Waals surface area contributed by atoms with Crippen LogP contribution >= 0.6 is 11.3 Å². The Bertz CT molecular complexity index is 507. The maximum absolute atomic E-state index is 5.83. The predicted molar refractivity (Wildman–Crippen MR) is 83.3 cm³/mol. The van der Waals surface area contributed by atoms with E-state index in [1.54, 1.807) is 11.3 Å². The monoisotopic (exact) mass is 275 g/mol.